The van der Waals surface area contributed by atoms with Crippen molar-refractivity contribution in [2.45, 2.75) is 11.9 Å². The summed E-state index contributed by atoms with van der Waals surface area (Å²) >= 11 is 7.55. The third kappa shape index (κ3) is 4.86. The predicted molar refractivity (Wildman–Crippen MR) is 125 cm³/mol. The van der Waals surface area contributed by atoms with Gasteiger partial charge in [-0.2, -0.15) is 0 Å². The van der Waals surface area contributed by atoms with Crippen molar-refractivity contribution in [3.05, 3.63) is 94.5 Å². The molecule has 3 aromatic carbocycles. The van der Waals surface area contributed by atoms with Crippen molar-refractivity contribution in [3.63, 3.8) is 0 Å². The maximum Gasteiger partial charge on any atom is 0.255 e. The third-order valence-electron chi connectivity index (χ3n) is 5.05. The Kier molecular flexibility index (Phi) is 6.49. The highest BCUT2D eigenvalue weighted by Crippen LogP contribution is 2.39. The van der Waals surface area contributed by atoms with E-state index in [1.165, 1.54) is 0 Å². The van der Waals surface area contributed by atoms with E-state index in [9.17, 15) is 9.59 Å². The van der Waals surface area contributed by atoms with Gasteiger partial charge in [0.1, 0.15) is 11.1 Å². The summed E-state index contributed by atoms with van der Waals surface area (Å²) in [5.74, 6) is 0.923. The van der Waals surface area contributed by atoms with Gasteiger partial charge in [-0.1, -0.05) is 48.0 Å². The number of hydrogen-bond acceptors (Lipinski definition) is 4. The summed E-state index contributed by atoms with van der Waals surface area (Å²) in [4.78, 5) is 27.0. The summed E-state index contributed by atoms with van der Waals surface area (Å²) in [6.07, 6.45) is 0. The maximum atomic E-state index is 12.7. The predicted octanol–water partition coefficient (Wildman–Crippen LogP) is 5.38. The number of thioether (sulfide) groups is 1. The fourth-order valence-corrected chi connectivity index (χ4v) is 4.74. The van der Waals surface area contributed by atoms with Crippen molar-refractivity contribution < 1.29 is 14.3 Å². The molecular weight excluding hydrogens is 432 g/mol. The van der Waals surface area contributed by atoms with Crippen molar-refractivity contribution in [3.8, 4) is 5.75 Å². The second-order valence-corrected chi connectivity index (χ2v) is 8.59. The molecular formula is C24H21ClN2O3S. The van der Waals surface area contributed by atoms with Crippen molar-refractivity contribution in [2.75, 3.05) is 18.2 Å². The lowest BCUT2D eigenvalue weighted by Gasteiger charge is -2.24. The molecule has 7 heteroatoms. The highest BCUT2D eigenvalue weighted by Gasteiger charge is 2.32. The van der Waals surface area contributed by atoms with Crippen molar-refractivity contribution in [2.24, 2.45) is 0 Å². The van der Waals surface area contributed by atoms with Crippen LogP contribution in [0.5, 0.6) is 5.75 Å². The quantitative estimate of drug-likeness (QED) is 0.545. The van der Waals surface area contributed by atoms with Crippen LogP contribution < -0.4 is 10.1 Å². The van der Waals surface area contributed by atoms with Gasteiger partial charge in [-0.3, -0.25) is 9.59 Å². The maximum absolute atomic E-state index is 12.7. The summed E-state index contributed by atoms with van der Waals surface area (Å²) in [6.45, 7) is 0.518. The number of amides is 2. The van der Waals surface area contributed by atoms with Crippen LogP contribution in [-0.4, -0.2) is 29.6 Å². The minimum Gasteiger partial charge on any atom is -0.495 e. The van der Waals surface area contributed by atoms with E-state index in [1.54, 1.807) is 43.1 Å². The number of ether oxygens (including phenoxy) is 1. The Balaban J connectivity index is 1.48. The molecule has 0 radical (unpaired) electrons. The monoisotopic (exact) mass is 452 g/mol. The summed E-state index contributed by atoms with van der Waals surface area (Å²) in [6, 6.07) is 22.2. The molecule has 1 heterocycles. The van der Waals surface area contributed by atoms with Crippen LogP contribution >= 0.6 is 23.4 Å². The third-order valence-corrected chi connectivity index (χ3v) is 6.56. The molecule has 1 fully saturated rings. The zero-order chi connectivity index (χ0) is 21.8. The van der Waals surface area contributed by atoms with Gasteiger partial charge in [0.15, 0.2) is 0 Å². The van der Waals surface area contributed by atoms with E-state index >= 15 is 0 Å². The normalized spacial score (nSPS) is 15.7. The molecule has 5 nitrogen and oxygen atoms in total. The Morgan fingerprint density at radius 3 is 2.52 bits per heavy atom. The fourth-order valence-electron chi connectivity index (χ4n) is 3.43. The number of carbonyl (C=O) groups excluding carboxylic acids is 2. The number of carbonyl (C=O) groups is 2. The van der Waals surface area contributed by atoms with Gasteiger partial charge in [0, 0.05) is 17.1 Å². The van der Waals surface area contributed by atoms with E-state index in [0.717, 1.165) is 11.1 Å². The molecule has 0 spiro atoms. The number of halogens is 1. The Morgan fingerprint density at radius 2 is 1.81 bits per heavy atom. The first-order valence-corrected chi connectivity index (χ1v) is 11.2. The van der Waals surface area contributed by atoms with E-state index in [4.69, 9.17) is 16.3 Å². The van der Waals surface area contributed by atoms with Crippen LogP contribution in [0.4, 0.5) is 5.69 Å². The molecule has 3 aromatic rings. The average molecular weight is 453 g/mol. The van der Waals surface area contributed by atoms with Gasteiger partial charge in [0.2, 0.25) is 5.91 Å². The van der Waals surface area contributed by atoms with Gasteiger partial charge in [0.05, 0.1) is 18.6 Å². The van der Waals surface area contributed by atoms with E-state index in [0.29, 0.717) is 34.3 Å². The summed E-state index contributed by atoms with van der Waals surface area (Å²) in [7, 11) is 1.57. The van der Waals surface area contributed by atoms with E-state index in [1.807, 2.05) is 53.4 Å². The lowest BCUT2D eigenvalue weighted by atomic mass is 10.1. The van der Waals surface area contributed by atoms with Crippen LogP contribution in [0.15, 0.2) is 72.8 Å². The molecule has 0 unspecified atom stereocenters. The molecule has 0 aliphatic carbocycles. The van der Waals surface area contributed by atoms with Gasteiger partial charge in [-0.15, -0.1) is 11.8 Å². The van der Waals surface area contributed by atoms with Gasteiger partial charge in [-0.25, -0.2) is 0 Å². The van der Waals surface area contributed by atoms with E-state index in [-0.39, 0.29) is 17.2 Å². The number of hydrogen-bond donors (Lipinski definition) is 1. The topological polar surface area (TPSA) is 58.6 Å². The Morgan fingerprint density at radius 1 is 1.10 bits per heavy atom. The Bertz CT molecular complexity index is 1090. The summed E-state index contributed by atoms with van der Waals surface area (Å²) in [5.41, 5.74) is 3.16. The van der Waals surface area contributed by atoms with Crippen LogP contribution in [0.3, 0.4) is 0 Å². The standard InChI is InChI=1S/C24H21ClN2O3S/c1-30-21-5-3-2-4-20(21)26-23(29)17-8-10-18(11-9-17)24-27(22(28)15-31-24)14-16-6-12-19(25)13-7-16/h2-13,24H,14-15H2,1H3,(H,26,29)/t24-/m1/s1. The van der Waals surface area contributed by atoms with Crippen LogP contribution in [0.2, 0.25) is 5.02 Å². The summed E-state index contributed by atoms with van der Waals surface area (Å²) < 4.78 is 5.28. The first kappa shape index (κ1) is 21.3. The SMILES string of the molecule is COc1ccccc1NC(=O)c1ccc([C@H]2SCC(=O)N2Cc2ccc(Cl)cc2)cc1. The molecule has 1 aliphatic heterocycles. The van der Waals surface area contributed by atoms with Crippen LogP contribution in [0.1, 0.15) is 26.9 Å². The largest absolute Gasteiger partial charge is 0.495 e. The number of anilines is 1. The molecule has 1 atom stereocenters. The first-order chi connectivity index (χ1) is 15.0. The molecule has 4 rings (SSSR count). The average Bonchev–Trinajstić information content (AvgIpc) is 3.16. The second kappa shape index (κ2) is 9.45. The number of rotatable bonds is 6. The lowest BCUT2D eigenvalue weighted by molar-refractivity contribution is -0.128. The van der Waals surface area contributed by atoms with Crippen LogP contribution in [0.25, 0.3) is 0 Å². The zero-order valence-electron chi connectivity index (χ0n) is 16.9. The Hall–Kier alpha value is -2.96. The van der Waals surface area contributed by atoms with E-state index in [2.05, 4.69) is 5.32 Å². The molecule has 2 amide bonds. The molecule has 0 saturated carbocycles. The van der Waals surface area contributed by atoms with E-state index < -0.39 is 0 Å². The van der Waals surface area contributed by atoms with Crippen molar-refractivity contribution in [1.82, 2.24) is 4.90 Å². The minimum absolute atomic E-state index is 0.0884. The molecule has 158 valence electrons. The fraction of sp³-hybridized carbons (Fsp3) is 0.167. The van der Waals surface area contributed by atoms with Gasteiger partial charge in [0.25, 0.3) is 5.91 Å². The van der Waals surface area contributed by atoms with Gasteiger partial charge in [-0.05, 0) is 47.5 Å². The summed E-state index contributed by atoms with van der Waals surface area (Å²) in [5, 5.41) is 3.46. The molecule has 1 saturated heterocycles. The molecule has 0 bridgehead atoms. The second-order valence-electron chi connectivity index (χ2n) is 7.09. The van der Waals surface area contributed by atoms with Crippen LogP contribution in [-0.2, 0) is 11.3 Å². The van der Waals surface area contributed by atoms with Gasteiger partial charge >= 0.3 is 0 Å². The molecule has 1 aliphatic rings. The Labute approximate surface area is 190 Å². The number of methoxy groups -OCH3 is 1. The van der Waals surface area contributed by atoms with Crippen LogP contribution in [0, 0.1) is 0 Å². The minimum atomic E-state index is -0.218. The zero-order valence-corrected chi connectivity index (χ0v) is 18.5. The number of benzene rings is 3. The lowest BCUT2D eigenvalue weighted by Crippen LogP contribution is -2.27. The number of nitrogens with zero attached hydrogens (tertiary/aromatic N) is 1. The molecule has 31 heavy (non-hydrogen) atoms. The van der Waals surface area contributed by atoms with Crippen molar-refractivity contribution >= 4 is 40.9 Å². The number of nitrogens with one attached hydrogen (secondary N) is 1. The highest BCUT2D eigenvalue weighted by molar-refractivity contribution is 8.00. The first-order valence-electron chi connectivity index (χ1n) is 9.75. The molecule has 0 aromatic heterocycles. The van der Waals surface area contributed by atoms with Crippen molar-refractivity contribution in [1.29, 1.82) is 0 Å². The van der Waals surface area contributed by atoms with Gasteiger partial charge < -0.3 is 15.0 Å². The number of para-hydroxylation sites is 2. The smallest absolute Gasteiger partial charge is 0.255 e. The highest BCUT2D eigenvalue weighted by atomic mass is 35.5. The molecule has 1 N–H and O–H groups in total.